The SMILES string of the molecule is C[C@@H](O[C@@H]1COP(=O)(O)O[C@H]2C(O)[C@@H](COP(=O)(O)O1)O[C@H]2n1cnc2c(=O)[nH]c(N)nc21)n1cnc2c(N)ncnc21. The molecular formula is C19H24N10O12P2. The molecule has 2 aliphatic heterocycles. The second-order valence-corrected chi connectivity index (χ2v) is 12.1. The quantitative estimate of drug-likeness (QED) is 0.143. The molecule has 232 valence electrons. The van der Waals surface area contributed by atoms with Gasteiger partial charge in [-0.25, -0.2) is 29.1 Å². The van der Waals surface area contributed by atoms with Crippen LogP contribution >= 0.6 is 15.6 Å². The van der Waals surface area contributed by atoms with Crippen LogP contribution in [0.2, 0.25) is 0 Å². The number of nitrogens with zero attached hydrogens (tertiary/aromatic N) is 7. The van der Waals surface area contributed by atoms with E-state index in [1.54, 1.807) is 0 Å². The van der Waals surface area contributed by atoms with E-state index in [2.05, 4.69) is 29.9 Å². The summed E-state index contributed by atoms with van der Waals surface area (Å²) in [6.45, 7) is -0.197. The number of ether oxygens (including phenoxy) is 2. The molecule has 6 rings (SSSR count). The highest BCUT2D eigenvalue weighted by atomic mass is 31.2. The van der Waals surface area contributed by atoms with Gasteiger partial charge in [0.25, 0.3) is 5.56 Å². The van der Waals surface area contributed by atoms with Crippen molar-refractivity contribution in [3.63, 3.8) is 0 Å². The maximum atomic E-state index is 13.0. The van der Waals surface area contributed by atoms with E-state index in [1.165, 1.54) is 24.1 Å². The molecule has 0 aliphatic carbocycles. The van der Waals surface area contributed by atoms with Crippen molar-refractivity contribution in [2.45, 2.75) is 44.0 Å². The van der Waals surface area contributed by atoms with E-state index >= 15 is 0 Å². The number of fused-ring (bicyclic) bond motifs is 4. The Morgan fingerprint density at radius 3 is 2.56 bits per heavy atom. The van der Waals surface area contributed by atoms with Gasteiger partial charge in [0.1, 0.15) is 43.0 Å². The number of phosphoric ester groups is 2. The second-order valence-electron chi connectivity index (χ2n) is 9.28. The molecule has 2 aliphatic rings. The average molecular weight is 646 g/mol. The van der Waals surface area contributed by atoms with Gasteiger partial charge in [0, 0.05) is 0 Å². The van der Waals surface area contributed by atoms with Gasteiger partial charge in [-0.05, 0) is 6.92 Å². The summed E-state index contributed by atoms with van der Waals surface area (Å²) < 4.78 is 60.3. The summed E-state index contributed by atoms with van der Waals surface area (Å²) in [5, 5.41) is 10.9. The molecule has 22 nitrogen and oxygen atoms in total. The van der Waals surface area contributed by atoms with Crippen molar-refractivity contribution in [1.82, 2.24) is 39.0 Å². The summed E-state index contributed by atoms with van der Waals surface area (Å²) in [6, 6.07) is 0. The van der Waals surface area contributed by atoms with Crippen LogP contribution in [0, 0.1) is 0 Å². The zero-order valence-electron chi connectivity index (χ0n) is 21.8. The number of phosphoric acid groups is 2. The molecule has 3 unspecified atom stereocenters. The Bertz CT molecular complexity index is 1830. The number of imidazole rings is 2. The van der Waals surface area contributed by atoms with Crippen molar-refractivity contribution in [1.29, 1.82) is 0 Å². The summed E-state index contributed by atoms with van der Waals surface area (Å²) >= 11 is 0. The number of hydrogen-bond acceptors (Lipinski definition) is 17. The Morgan fingerprint density at radius 2 is 1.77 bits per heavy atom. The minimum absolute atomic E-state index is 0.0975. The third kappa shape index (κ3) is 5.78. The van der Waals surface area contributed by atoms with Crippen LogP contribution in [0.4, 0.5) is 11.8 Å². The van der Waals surface area contributed by atoms with Crippen molar-refractivity contribution in [3.05, 3.63) is 29.3 Å². The largest absolute Gasteiger partial charge is 0.474 e. The van der Waals surface area contributed by atoms with Crippen LogP contribution in [0.15, 0.2) is 23.8 Å². The van der Waals surface area contributed by atoms with Gasteiger partial charge >= 0.3 is 15.6 Å². The fourth-order valence-electron chi connectivity index (χ4n) is 4.52. The lowest BCUT2D eigenvalue weighted by atomic mass is 10.1. The Hall–Kier alpha value is -3.40. The molecular weight excluding hydrogens is 622 g/mol. The van der Waals surface area contributed by atoms with Crippen molar-refractivity contribution in [2.24, 2.45) is 0 Å². The third-order valence-corrected chi connectivity index (χ3v) is 8.41. The monoisotopic (exact) mass is 646 g/mol. The van der Waals surface area contributed by atoms with Gasteiger partial charge in [0.2, 0.25) is 5.95 Å². The number of hydrogen-bond donors (Lipinski definition) is 6. The second kappa shape index (κ2) is 10.9. The predicted octanol–water partition coefficient (Wildman–Crippen LogP) is -1.11. The minimum Gasteiger partial charge on any atom is -0.387 e. The Kier molecular flexibility index (Phi) is 7.55. The van der Waals surface area contributed by atoms with E-state index in [4.69, 9.17) is 39.0 Å². The lowest BCUT2D eigenvalue weighted by Crippen LogP contribution is -2.36. The molecule has 8 N–H and O–H groups in total. The molecule has 0 saturated carbocycles. The average Bonchev–Trinajstić information content (AvgIpc) is 3.62. The van der Waals surface area contributed by atoms with Crippen molar-refractivity contribution in [3.8, 4) is 0 Å². The van der Waals surface area contributed by atoms with Crippen LogP contribution in [0.5, 0.6) is 0 Å². The number of aromatic nitrogens is 8. The van der Waals surface area contributed by atoms with Gasteiger partial charge in [-0.1, -0.05) is 0 Å². The fraction of sp³-hybridized carbons (Fsp3) is 0.474. The van der Waals surface area contributed by atoms with E-state index in [9.17, 15) is 28.8 Å². The zero-order valence-corrected chi connectivity index (χ0v) is 23.6. The maximum absolute atomic E-state index is 13.0. The molecule has 43 heavy (non-hydrogen) atoms. The van der Waals surface area contributed by atoms with E-state index in [1.807, 2.05) is 0 Å². The molecule has 4 aromatic rings. The molecule has 0 amide bonds. The van der Waals surface area contributed by atoms with Gasteiger partial charge in [-0.15, -0.1) is 0 Å². The number of nitrogens with two attached hydrogens (primary N) is 2. The summed E-state index contributed by atoms with van der Waals surface area (Å²) in [6.07, 6.45) is -5.44. The van der Waals surface area contributed by atoms with Gasteiger partial charge in [-0.2, -0.15) is 4.98 Å². The van der Waals surface area contributed by atoms with Gasteiger partial charge in [-0.3, -0.25) is 37.0 Å². The topological polar surface area (TPSA) is 309 Å². The van der Waals surface area contributed by atoms with Gasteiger partial charge < -0.3 is 35.8 Å². The normalized spacial score (nSPS) is 32.9. The van der Waals surface area contributed by atoms with Crippen LogP contribution < -0.4 is 17.0 Å². The number of anilines is 2. The van der Waals surface area contributed by atoms with Crippen molar-refractivity contribution in [2.75, 3.05) is 24.7 Å². The smallest absolute Gasteiger partial charge is 0.387 e. The number of aromatic amines is 1. The highest BCUT2D eigenvalue weighted by Crippen LogP contribution is 2.52. The Balaban J connectivity index is 1.28. The number of nitrogen functional groups attached to an aromatic ring is 2. The molecule has 8 atom stereocenters. The van der Waals surface area contributed by atoms with Crippen LogP contribution in [0.3, 0.4) is 0 Å². The first-order chi connectivity index (χ1) is 20.3. The number of aliphatic hydroxyl groups excluding tert-OH is 1. The van der Waals surface area contributed by atoms with Gasteiger partial charge in [0.05, 0.1) is 19.3 Å². The standard InChI is InChI=1S/C19H24N10O12P2/c1-7(28-5-24-10-14(20)22-4-23-15(10)28)38-9-3-37-43(34,35)41-13-12(30)8(2-36-42(32,33)40-9)39-18(13)29-6-25-11-16(29)26-19(21)27-17(11)31/h4-9,12-13,18,30H,2-3H2,1H3,(H,32,33)(H,34,35)(H2,20,22,23)(H3,21,26,27,31)/t7-,8-,9+,12?,13+,18-/m1/s1. The van der Waals surface area contributed by atoms with Crippen LogP contribution in [0.1, 0.15) is 19.4 Å². The lowest BCUT2D eigenvalue weighted by molar-refractivity contribution is -0.166. The molecule has 4 aromatic heterocycles. The first-order valence-corrected chi connectivity index (χ1v) is 15.3. The van der Waals surface area contributed by atoms with Crippen molar-refractivity contribution < 1.29 is 51.6 Å². The Morgan fingerprint density at radius 1 is 1.05 bits per heavy atom. The molecule has 2 saturated heterocycles. The fourth-order valence-corrected chi connectivity index (χ4v) is 6.24. The lowest BCUT2D eigenvalue weighted by Gasteiger charge is -2.28. The number of nitrogens with one attached hydrogen (secondary N) is 1. The maximum Gasteiger partial charge on any atom is 0.474 e. The van der Waals surface area contributed by atoms with E-state index < -0.39 is 71.5 Å². The van der Waals surface area contributed by atoms with E-state index in [0.29, 0.717) is 0 Å². The molecule has 0 spiro atoms. The van der Waals surface area contributed by atoms with Crippen LogP contribution in [0.25, 0.3) is 22.3 Å². The van der Waals surface area contributed by atoms with Crippen molar-refractivity contribution >= 4 is 49.7 Å². The van der Waals surface area contributed by atoms with E-state index in [-0.39, 0.29) is 34.1 Å². The van der Waals surface area contributed by atoms with Crippen LogP contribution in [-0.4, -0.2) is 91.7 Å². The molecule has 2 fully saturated rings. The molecule has 2 bridgehead atoms. The summed E-state index contributed by atoms with van der Waals surface area (Å²) in [4.78, 5) is 55.5. The van der Waals surface area contributed by atoms with Crippen LogP contribution in [-0.2, 0) is 36.7 Å². The molecule has 0 radical (unpaired) electrons. The Labute approximate surface area is 238 Å². The minimum atomic E-state index is -5.08. The third-order valence-electron chi connectivity index (χ3n) is 6.45. The molecule has 0 aromatic carbocycles. The number of rotatable bonds is 4. The highest BCUT2D eigenvalue weighted by Gasteiger charge is 2.51. The molecule has 6 heterocycles. The number of aliphatic hydroxyl groups is 1. The summed E-state index contributed by atoms with van der Waals surface area (Å²) in [5.74, 6) is -0.171. The first-order valence-electron chi connectivity index (χ1n) is 12.3. The molecule has 24 heteroatoms. The first kappa shape index (κ1) is 29.7. The summed E-state index contributed by atoms with van der Waals surface area (Å²) in [7, 11) is -10.1. The van der Waals surface area contributed by atoms with Gasteiger partial charge in [0.15, 0.2) is 35.1 Å². The van der Waals surface area contributed by atoms with E-state index in [0.717, 1.165) is 10.9 Å². The zero-order chi connectivity index (χ0) is 30.7. The summed E-state index contributed by atoms with van der Waals surface area (Å²) in [5.41, 5.74) is 11.0. The highest BCUT2D eigenvalue weighted by molar-refractivity contribution is 7.47. The predicted molar refractivity (Wildman–Crippen MR) is 139 cm³/mol. The number of H-pyrrole nitrogens is 1.